The average Bonchev–Trinajstić information content (AvgIpc) is 2.94. The minimum Gasteiger partial charge on any atom is -0.493 e. The van der Waals surface area contributed by atoms with Crippen molar-refractivity contribution in [2.45, 2.75) is 20.0 Å². The van der Waals surface area contributed by atoms with Gasteiger partial charge in [-0.15, -0.1) is 0 Å². The summed E-state index contributed by atoms with van der Waals surface area (Å²) < 4.78 is 10.8. The monoisotopic (exact) mass is 262 g/mol. The molecule has 102 valence electrons. The minimum atomic E-state index is 0.624. The van der Waals surface area contributed by atoms with Gasteiger partial charge in [-0.1, -0.05) is 6.07 Å². The summed E-state index contributed by atoms with van der Waals surface area (Å²) in [6.07, 6.45) is 1.50. The molecule has 0 saturated carbocycles. The Morgan fingerprint density at radius 2 is 2.16 bits per heavy atom. The normalized spacial score (nSPS) is 10.4. The van der Waals surface area contributed by atoms with Crippen molar-refractivity contribution in [3.05, 3.63) is 35.9 Å². The van der Waals surface area contributed by atoms with Gasteiger partial charge in [0.1, 0.15) is 12.2 Å². The second kappa shape index (κ2) is 6.75. The smallest absolute Gasteiger partial charge is 0.161 e. The third-order valence-electron chi connectivity index (χ3n) is 2.61. The molecule has 0 amide bonds. The number of aromatic nitrogens is 3. The van der Waals surface area contributed by atoms with Crippen LogP contribution in [0.2, 0.25) is 0 Å². The van der Waals surface area contributed by atoms with E-state index in [9.17, 15) is 0 Å². The summed E-state index contributed by atoms with van der Waals surface area (Å²) in [4.78, 5) is 4.05. The van der Waals surface area contributed by atoms with Gasteiger partial charge in [-0.3, -0.25) is 5.10 Å². The fourth-order valence-corrected chi connectivity index (χ4v) is 1.74. The quantitative estimate of drug-likeness (QED) is 0.791. The van der Waals surface area contributed by atoms with Crippen LogP contribution >= 0.6 is 0 Å². The highest BCUT2D eigenvalue weighted by atomic mass is 16.5. The topological polar surface area (TPSA) is 72.1 Å². The van der Waals surface area contributed by atoms with Crippen molar-refractivity contribution in [2.75, 3.05) is 13.7 Å². The lowest BCUT2D eigenvalue weighted by Crippen LogP contribution is -2.13. The molecule has 0 radical (unpaired) electrons. The lowest BCUT2D eigenvalue weighted by Gasteiger charge is -2.11. The first kappa shape index (κ1) is 13.4. The van der Waals surface area contributed by atoms with E-state index in [1.165, 1.54) is 6.33 Å². The first-order valence-electron chi connectivity index (χ1n) is 6.18. The van der Waals surface area contributed by atoms with E-state index >= 15 is 0 Å². The molecule has 6 heteroatoms. The van der Waals surface area contributed by atoms with Gasteiger partial charge >= 0.3 is 0 Å². The van der Waals surface area contributed by atoms with Crippen LogP contribution < -0.4 is 14.8 Å². The van der Waals surface area contributed by atoms with Crippen molar-refractivity contribution in [1.29, 1.82) is 0 Å². The Bertz CT molecular complexity index is 499. The van der Waals surface area contributed by atoms with Crippen molar-refractivity contribution in [3.63, 3.8) is 0 Å². The van der Waals surface area contributed by atoms with E-state index in [4.69, 9.17) is 9.47 Å². The summed E-state index contributed by atoms with van der Waals surface area (Å²) in [7, 11) is 1.64. The van der Waals surface area contributed by atoms with Crippen LogP contribution in [-0.4, -0.2) is 28.9 Å². The molecule has 6 nitrogen and oxygen atoms in total. The van der Waals surface area contributed by atoms with Crippen LogP contribution in [0.3, 0.4) is 0 Å². The maximum Gasteiger partial charge on any atom is 0.161 e. The molecule has 0 saturated heterocycles. The van der Waals surface area contributed by atoms with E-state index in [0.717, 1.165) is 29.4 Å². The van der Waals surface area contributed by atoms with Crippen LogP contribution in [0.15, 0.2) is 24.5 Å². The highest BCUT2D eigenvalue weighted by molar-refractivity contribution is 5.42. The van der Waals surface area contributed by atoms with Gasteiger partial charge in [0.15, 0.2) is 11.5 Å². The molecule has 2 N–H and O–H groups in total. The maximum atomic E-state index is 5.48. The fourth-order valence-electron chi connectivity index (χ4n) is 1.74. The molecule has 0 unspecified atom stereocenters. The molecule has 0 atom stereocenters. The zero-order valence-corrected chi connectivity index (χ0v) is 11.1. The Balaban J connectivity index is 1.93. The minimum absolute atomic E-state index is 0.624. The van der Waals surface area contributed by atoms with Gasteiger partial charge in [-0.05, 0) is 24.6 Å². The third kappa shape index (κ3) is 3.69. The fraction of sp³-hybridized carbons (Fsp3) is 0.385. The Morgan fingerprint density at radius 3 is 2.84 bits per heavy atom. The van der Waals surface area contributed by atoms with Crippen LogP contribution in [0.4, 0.5) is 0 Å². The van der Waals surface area contributed by atoms with Crippen LogP contribution in [0.1, 0.15) is 18.3 Å². The van der Waals surface area contributed by atoms with E-state index in [0.29, 0.717) is 13.2 Å². The molecule has 0 fully saturated rings. The summed E-state index contributed by atoms with van der Waals surface area (Å²) in [5, 5.41) is 9.87. The first-order valence-corrected chi connectivity index (χ1v) is 6.18. The Kier molecular flexibility index (Phi) is 4.74. The standard InChI is InChI=1S/C13H18N4O2/c1-3-19-11-5-4-10(6-12(11)18-2)7-14-8-13-15-9-16-17-13/h4-6,9,14H,3,7-8H2,1-2H3,(H,15,16,17). The molecule has 0 aliphatic carbocycles. The van der Waals surface area contributed by atoms with Crippen molar-refractivity contribution in [3.8, 4) is 11.5 Å². The molecule has 2 aromatic rings. The number of nitrogens with zero attached hydrogens (tertiary/aromatic N) is 2. The number of hydrogen-bond acceptors (Lipinski definition) is 5. The molecular weight excluding hydrogens is 244 g/mol. The molecule has 1 heterocycles. The Labute approximate surface area is 112 Å². The van der Waals surface area contributed by atoms with Crippen molar-refractivity contribution < 1.29 is 9.47 Å². The summed E-state index contributed by atoms with van der Waals surface area (Å²) in [5.41, 5.74) is 1.12. The van der Waals surface area contributed by atoms with E-state index in [1.807, 2.05) is 25.1 Å². The molecule has 1 aromatic heterocycles. The van der Waals surface area contributed by atoms with E-state index < -0.39 is 0 Å². The van der Waals surface area contributed by atoms with Crippen LogP contribution in [0.25, 0.3) is 0 Å². The number of methoxy groups -OCH3 is 1. The zero-order chi connectivity index (χ0) is 13.5. The second-order valence-corrected chi connectivity index (χ2v) is 3.95. The number of rotatable bonds is 7. The van der Waals surface area contributed by atoms with Gasteiger partial charge in [0.25, 0.3) is 0 Å². The molecule has 0 spiro atoms. The van der Waals surface area contributed by atoms with Gasteiger partial charge in [0.05, 0.1) is 20.3 Å². The summed E-state index contributed by atoms with van der Waals surface area (Å²) in [5.74, 6) is 2.34. The average molecular weight is 262 g/mol. The van der Waals surface area contributed by atoms with Crippen LogP contribution in [-0.2, 0) is 13.1 Å². The van der Waals surface area contributed by atoms with Gasteiger partial charge in [-0.25, -0.2) is 4.98 Å². The summed E-state index contributed by atoms with van der Waals surface area (Å²) in [6, 6.07) is 5.91. The molecular formula is C13H18N4O2. The molecule has 2 rings (SSSR count). The lowest BCUT2D eigenvalue weighted by atomic mass is 10.2. The molecule has 19 heavy (non-hydrogen) atoms. The van der Waals surface area contributed by atoms with Crippen molar-refractivity contribution >= 4 is 0 Å². The van der Waals surface area contributed by atoms with Gasteiger partial charge in [-0.2, -0.15) is 5.10 Å². The molecule has 0 aliphatic rings. The van der Waals surface area contributed by atoms with E-state index in [-0.39, 0.29) is 0 Å². The van der Waals surface area contributed by atoms with Crippen LogP contribution in [0.5, 0.6) is 11.5 Å². The number of nitrogens with one attached hydrogen (secondary N) is 2. The highest BCUT2D eigenvalue weighted by Gasteiger charge is 2.05. The van der Waals surface area contributed by atoms with Gasteiger partial charge in [0.2, 0.25) is 0 Å². The molecule has 0 bridgehead atoms. The van der Waals surface area contributed by atoms with Crippen LogP contribution in [0, 0.1) is 0 Å². The predicted octanol–water partition coefficient (Wildman–Crippen LogP) is 1.50. The van der Waals surface area contributed by atoms with Gasteiger partial charge in [0, 0.05) is 6.54 Å². The first-order chi connectivity index (χ1) is 9.33. The molecule has 1 aromatic carbocycles. The van der Waals surface area contributed by atoms with Crippen molar-refractivity contribution in [1.82, 2.24) is 20.5 Å². The maximum absolute atomic E-state index is 5.48. The Morgan fingerprint density at radius 1 is 1.26 bits per heavy atom. The SMILES string of the molecule is CCOc1ccc(CNCc2ncn[nH]2)cc1OC. The zero-order valence-electron chi connectivity index (χ0n) is 11.1. The highest BCUT2D eigenvalue weighted by Crippen LogP contribution is 2.27. The lowest BCUT2D eigenvalue weighted by molar-refractivity contribution is 0.310. The number of ether oxygens (including phenoxy) is 2. The Hall–Kier alpha value is -2.08. The summed E-state index contributed by atoms with van der Waals surface area (Å²) in [6.45, 7) is 3.95. The second-order valence-electron chi connectivity index (χ2n) is 3.95. The van der Waals surface area contributed by atoms with Gasteiger partial charge < -0.3 is 14.8 Å². The largest absolute Gasteiger partial charge is 0.493 e. The predicted molar refractivity (Wildman–Crippen MR) is 71.1 cm³/mol. The number of hydrogen-bond donors (Lipinski definition) is 2. The number of aromatic amines is 1. The van der Waals surface area contributed by atoms with E-state index in [1.54, 1.807) is 7.11 Å². The number of benzene rings is 1. The van der Waals surface area contributed by atoms with Crippen molar-refractivity contribution in [2.24, 2.45) is 0 Å². The third-order valence-corrected chi connectivity index (χ3v) is 2.61. The summed E-state index contributed by atoms with van der Waals surface area (Å²) >= 11 is 0. The number of H-pyrrole nitrogens is 1. The van der Waals surface area contributed by atoms with E-state index in [2.05, 4.69) is 20.5 Å². The molecule has 0 aliphatic heterocycles.